The highest BCUT2D eigenvalue weighted by molar-refractivity contribution is 5.88. The van der Waals surface area contributed by atoms with Crippen LogP contribution in [-0.2, 0) is 9.53 Å². The average Bonchev–Trinajstić information content (AvgIpc) is 2.14. The van der Waals surface area contributed by atoms with Gasteiger partial charge in [0, 0.05) is 13.2 Å². The third kappa shape index (κ3) is 1.34. The molecule has 0 aliphatic carbocycles. The van der Waals surface area contributed by atoms with Crippen LogP contribution in [0, 0.1) is 0 Å². The van der Waals surface area contributed by atoms with Gasteiger partial charge in [-0.3, -0.25) is 4.79 Å². The van der Waals surface area contributed by atoms with Crippen LogP contribution >= 0.6 is 0 Å². The monoisotopic (exact) mass is 184 g/mol. The zero-order chi connectivity index (χ0) is 9.47. The fourth-order valence-electron chi connectivity index (χ4n) is 2.07. The van der Waals surface area contributed by atoms with E-state index in [1.165, 1.54) is 0 Å². The maximum absolute atomic E-state index is 11.4. The smallest absolute Gasteiger partial charge is 0.241 e. The van der Waals surface area contributed by atoms with Crippen LogP contribution < -0.4 is 5.73 Å². The largest absolute Gasteiger partial charge is 0.379 e. The van der Waals surface area contributed by atoms with Gasteiger partial charge < -0.3 is 15.4 Å². The molecule has 74 valence electrons. The first-order chi connectivity index (χ1) is 6.13. The minimum absolute atomic E-state index is 0.0769. The predicted octanol–water partition coefficient (Wildman–Crippen LogP) is -0.275. The van der Waals surface area contributed by atoms with E-state index in [4.69, 9.17) is 10.5 Å². The SMILES string of the molecule is CC1(N2CC(N)C2=O)CCCOC1. The van der Waals surface area contributed by atoms with E-state index < -0.39 is 0 Å². The third-order valence-electron chi connectivity index (χ3n) is 3.03. The Kier molecular flexibility index (Phi) is 2.04. The molecule has 1 amide bonds. The summed E-state index contributed by atoms with van der Waals surface area (Å²) in [7, 11) is 0. The summed E-state index contributed by atoms with van der Waals surface area (Å²) in [5, 5.41) is 0. The van der Waals surface area contributed by atoms with Gasteiger partial charge in [-0.1, -0.05) is 0 Å². The fraction of sp³-hybridized carbons (Fsp3) is 0.889. The Bertz CT molecular complexity index is 224. The summed E-state index contributed by atoms with van der Waals surface area (Å²) < 4.78 is 5.39. The molecule has 13 heavy (non-hydrogen) atoms. The maximum atomic E-state index is 11.4. The molecule has 2 fully saturated rings. The van der Waals surface area contributed by atoms with Crippen molar-refractivity contribution >= 4 is 5.91 Å². The van der Waals surface area contributed by atoms with E-state index in [1.54, 1.807) is 0 Å². The van der Waals surface area contributed by atoms with Crippen molar-refractivity contribution in [2.75, 3.05) is 19.8 Å². The molecule has 0 aromatic rings. The molecule has 0 aromatic carbocycles. The molecule has 2 rings (SSSR count). The second-order valence-corrected chi connectivity index (χ2v) is 4.21. The minimum atomic E-state index is -0.265. The van der Waals surface area contributed by atoms with Crippen LogP contribution in [0.25, 0.3) is 0 Å². The second kappa shape index (κ2) is 2.96. The van der Waals surface area contributed by atoms with Gasteiger partial charge in [-0.05, 0) is 19.8 Å². The lowest BCUT2D eigenvalue weighted by molar-refractivity contribution is -0.158. The number of hydrogen-bond donors (Lipinski definition) is 1. The van der Waals surface area contributed by atoms with Crippen molar-refractivity contribution < 1.29 is 9.53 Å². The summed E-state index contributed by atoms with van der Waals surface area (Å²) in [6.45, 7) is 4.25. The van der Waals surface area contributed by atoms with Crippen molar-refractivity contribution in [3.63, 3.8) is 0 Å². The van der Waals surface area contributed by atoms with Crippen molar-refractivity contribution in [1.29, 1.82) is 0 Å². The summed E-state index contributed by atoms with van der Waals surface area (Å²) >= 11 is 0. The molecule has 4 heteroatoms. The molecule has 0 aromatic heterocycles. The van der Waals surface area contributed by atoms with E-state index in [0.717, 1.165) is 19.4 Å². The van der Waals surface area contributed by atoms with Gasteiger partial charge in [-0.2, -0.15) is 0 Å². The van der Waals surface area contributed by atoms with Gasteiger partial charge in [-0.15, -0.1) is 0 Å². The van der Waals surface area contributed by atoms with Gasteiger partial charge in [0.25, 0.3) is 0 Å². The molecule has 2 unspecified atom stereocenters. The van der Waals surface area contributed by atoms with Crippen molar-refractivity contribution in [2.45, 2.75) is 31.3 Å². The summed E-state index contributed by atoms with van der Waals surface area (Å²) in [5.41, 5.74) is 5.45. The molecule has 0 spiro atoms. The highest BCUT2D eigenvalue weighted by atomic mass is 16.5. The molecule has 2 atom stereocenters. The Balaban J connectivity index is 2.02. The molecular formula is C9H16N2O2. The molecule has 0 bridgehead atoms. The predicted molar refractivity (Wildman–Crippen MR) is 48.1 cm³/mol. The number of β-lactam (4-membered cyclic amide) rings is 1. The number of likely N-dealkylation sites (tertiary alicyclic amines) is 1. The molecule has 0 saturated carbocycles. The first-order valence-electron chi connectivity index (χ1n) is 4.78. The summed E-state index contributed by atoms with van der Waals surface area (Å²) in [4.78, 5) is 13.3. The van der Waals surface area contributed by atoms with Crippen LogP contribution in [0.4, 0.5) is 0 Å². The fourth-order valence-corrected chi connectivity index (χ4v) is 2.07. The van der Waals surface area contributed by atoms with Gasteiger partial charge in [0.15, 0.2) is 0 Å². The third-order valence-corrected chi connectivity index (χ3v) is 3.03. The molecule has 2 aliphatic rings. The summed E-state index contributed by atoms with van der Waals surface area (Å²) in [6, 6.07) is -0.265. The van der Waals surface area contributed by atoms with Crippen molar-refractivity contribution in [2.24, 2.45) is 5.73 Å². The van der Waals surface area contributed by atoms with Crippen molar-refractivity contribution in [3.8, 4) is 0 Å². The van der Waals surface area contributed by atoms with E-state index >= 15 is 0 Å². The average molecular weight is 184 g/mol. The topological polar surface area (TPSA) is 55.6 Å². The Morgan fingerprint density at radius 1 is 1.69 bits per heavy atom. The first-order valence-corrected chi connectivity index (χ1v) is 4.78. The van der Waals surface area contributed by atoms with Gasteiger partial charge in [0.2, 0.25) is 5.91 Å². The number of nitrogens with zero attached hydrogens (tertiary/aromatic N) is 1. The van der Waals surface area contributed by atoms with Crippen LogP contribution in [0.15, 0.2) is 0 Å². The Hall–Kier alpha value is -0.610. The Morgan fingerprint density at radius 3 is 2.92 bits per heavy atom. The van der Waals surface area contributed by atoms with Crippen molar-refractivity contribution in [1.82, 2.24) is 4.90 Å². The number of carbonyl (C=O) groups is 1. The van der Waals surface area contributed by atoms with Gasteiger partial charge >= 0.3 is 0 Å². The molecule has 2 heterocycles. The Labute approximate surface area is 78.0 Å². The van der Waals surface area contributed by atoms with E-state index in [1.807, 2.05) is 4.90 Å². The Morgan fingerprint density at radius 2 is 2.46 bits per heavy atom. The lowest BCUT2D eigenvalue weighted by Crippen LogP contribution is -2.70. The number of amides is 1. The number of hydrogen-bond acceptors (Lipinski definition) is 3. The lowest BCUT2D eigenvalue weighted by Gasteiger charge is -2.50. The standard InChI is InChI=1S/C9H16N2O2/c1-9(3-2-4-13-6-9)11-5-7(10)8(11)12/h7H,2-6,10H2,1H3. The molecule has 2 aliphatic heterocycles. The number of nitrogens with two attached hydrogens (primary N) is 1. The molecule has 2 N–H and O–H groups in total. The van der Waals surface area contributed by atoms with Crippen LogP contribution in [0.1, 0.15) is 19.8 Å². The van der Waals surface area contributed by atoms with Crippen molar-refractivity contribution in [3.05, 3.63) is 0 Å². The normalized spacial score (nSPS) is 40.3. The number of rotatable bonds is 1. The summed E-state index contributed by atoms with van der Waals surface area (Å²) in [6.07, 6.45) is 2.07. The minimum Gasteiger partial charge on any atom is -0.379 e. The van der Waals surface area contributed by atoms with E-state index in [9.17, 15) is 4.79 Å². The highest BCUT2D eigenvalue weighted by Gasteiger charge is 2.45. The van der Waals surface area contributed by atoms with E-state index in [0.29, 0.717) is 13.2 Å². The zero-order valence-corrected chi connectivity index (χ0v) is 7.95. The van der Waals surface area contributed by atoms with Crippen LogP contribution in [-0.4, -0.2) is 42.1 Å². The van der Waals surface area contributed by atoms with E-state index in [2.05, 4.69) is 6.92 Å². The summed E-state index contributed by atoms with van der Waals surface area (Å²) in [5.74, 6) is 0.0769. The number of ether oxygens (including phenoxy) is 1. The molecule has 2 saturated heterocycles. The van der Waals surface area contributed by atoms with Gasteiger partial charge in [0.05, 0.1) is 12.1 Å². The zero-order valence-electron chi connectivity index (χ0n) is 7.95. The van der Waals surface area contributed by atoms with Gasteiger partial charge in [-0.25, -0.2) is 0 Å². The van der Waals surface area contributed by atoms with Crippen LogP contribution in [0.5, 0.6) is 0 Å². The lowest BCUT2D eigenvalue weighted by atomic mass is 9.88. The quantitative estimate of drug-likeness (QED) is 0.570. The maximum Gasteiger partial charge on any atom is 0.241 e. The first kappa shape index (κ1) is 8.97. The second-order valence-electron chi connectivity index (χ2n) is 4.21. The van der Waals surface area contributed by atoms with Gasteiger partial charge in [0.1, 0.15) is 6.04 Å². The van der Waals surface area contributed by atoms with Crippen LogP contribution in [0.3, 0.4) is 0 Å². The highest BCUT2D eigenvalue weighted by Crippen LogP contribution is 2.30. The number of carbonyl (C=O) groups excluding carboxylic acids is 1. The molecular weight excluding hydrogens is 168 g/mol. The van der Waals surface area contributed by atoms with Crippen LogP contribution in [0.2, 0.25) is 0 Å². The van der Waals surface area contributed by atoms with E-state index in [-0.39, 0.29) is 17.5 Å². The molecule has 0 radical (unpaired) electrons. The molecule has 4 nitrogen and oxygen atoms in total.